The summed E-state index contributed by atoms with van der Waals surface area (Å²) in [7, 11) is 0. The first-order valence-electron chi connectivity index (χ1n) is 11.6. The highest BCUT2D eigenvalue weighted by atomic mass is 35.5. The van der Waals surface area contributed by atoms with Crippen molar-refractivity contribution >= 4 is 35.6 Å². The van der Waals surface area contributed by atoms with Crippen molar-refractivity contribution in [1.29, 1.82) is 0 Å². The number of nitrogens with zero attached hydrogens (tertiary/aromatic N) is 1. The van der Waals surface area contributed by atoms with E-state index < -0.39 is 0 Å². The van der Waals surface area contributed by atoms with Crippen molar-refractivity contribution in [3.63, 3.8) is 0 Å². The first kappa shape index (κ1) is 25.9. The lowest BCUT2D eigenvalue weighted by molar-refractivity contribution is 0.223. The normalized spacial score (nSPS) is 17.4. The van der Waals surface area contributed by atoms with E-state index in [0.29, 0.717) is 22.6 Å². The summed E-state index contributed by atoms with van der Waals surface area (Å²) in [6.45, 7) is 8.13. The molecule has 0 heterocycles. The summed E-state index contributed by atoms with van der Waals surface area (Å²) in [5.74, 6) is 1.56. The molecular formula is C28H32Cl3NO. The van der Waals surface area contributed by atoms with Gasteiger partial charge in [0, 0.05) is 12.5 Å². The van der Waals surface area contributed by atoms with E-state index in [0.717, 1.165) is 38.2 Å². The second-order valence-corrected chi connectivity index (χ2v) is 9.25. The molecule has 0 amide bonds. The van der Waals surface area contributed by atoms with E-state index >= 15 is 0 Å². The predicted octanol–water partition coefficient (Wildman–Crippen LogP) is 8.00. The fourth-order valence-electron chi connectivity index (χ4n) is 4.88. The molecule has 5 heteroatoms. The lowest BCUT2D eigenvalue weighted by Crippen LogP contribution is -2.27. The van der Waals surface area contributed by atoms with Crippen LogP contribution in [0.1, 0.15) is 54.4 Å². The van der Waals surface area contributed by atoms with Gasteiger partial charge in [0.15, 0.2) is 0 Å². The minimum absolute atomic E-state index is 0. The summed E-state index contributed by atoms with van der Waals surface area (Å²) in [6, 6.07) is 23.6. The van der Waals surface area contributed by atoms with Crippen molar-refractivity contribution in [2.24, 2.45) is 0 Å². The summed E-state index contributed by atoms with van der Waals surface area (Å²) in [6.07, 6.45) is 2.16. The zero-order valence-corrected chi connectivity index (χ0v) is 21.6. The molecule has 0 aromatic heterocycles. The maximum Gasteiger partial charge on any atom is 0.119 e. The SMILES string of the molecule is CCN(CC)CCOc1ccc(C2c3ccccc3CCC2c2ccc(Cl)c(Cl)c2)cc1.Cl. The monoisotopic (exact) mass is 503 g/mol. The average molecular weight is 505 g/mol. The first-order valence-corrected chi connectivity index (χ1v) is 12.3. The molecule has 0 radical (unpaired) electrons. The van der Waals surface area contributed by atoms with Crippen LogP contribution >= 0.6 is 35.6 Å². The minimum Gasteiger partial charge on any atom is -0.492 e. The van der Waals surface area contributed by atoms with E-state index in [9.17, 15) is 0 Å². The van der Waals surface area contributed by atoms with Crippen LogP contribution in [0.15, 0.2) is 66.7 Å². The number of halogens is 3. The highest BCUT2D eigenvalue weighted by Gasteiger charge is 2.32. The molecule has 1 aliphatic carbocycles. The molecule has 1 aliphatic rings. The average Bonchev–Trinajstić information content (AvgIpc) is 2.83. The van der Waals surface area contributed by atoms with Gasteiger partial charge in [-0.05, 0) is 78.4 Å². The van der Waals surface area contributed by atoms with Crippen LogP contribution < -0.4 is 4.74 Å². The lowest BCUT2D eigenvalue weighted by atomic mass is 9.69. The molecule has 0 saturated heterocycles. The van der Waals surface area contributed by atoms with Gasteiger partial charge in [-0.3, -0.25) is 0 Å². The van der Waals surface area contributed by atoms with E-state index in [1.54, 1.807) is 0 Å². The largest absolute Gasteiger partial charge is 0.492 e. The molecule has 0 spiro atoms. The predicted molar refractivity (Wildman–Crippen MR) is 143 cm³/mol. The number of ether oxygens (including phenoxy) is 1. The minimum atomic E-state index is 0. The van der Waals surface area contributed by atoms with Gasteiger partial charge < -0.3 is 9.64 Å². The van der Waals surface area contributed by atoms with Crippen LogP contribution in [0.5, 0.6) is 5.75 Å². The fraction of sp³-hybridized carbons (Fsp3) is 0.357. The van der Waals surface area contributed by atoms with E-state index in [1.165, 1.54) is 22.3 Å². The number of aryl methyl sites for hydroxylation is 1. The van der Waals surface area contributed by atoms with Crippen molar-refractivity contribution in [1.82, 2.24) is 4.90 Å². The molecule has 2 atom stereocenters. The summed E-state index contributed by atoms with van der Waals surface area (Å²) >= 11 is 12.6. The molecule has 0 N–H and O–H groups in total. The second-order valence-electron chi connectivity index (χ2n) is 8.44. The van der Waals surface area contributed by atoms with Crippen LogP contribution in [0.4, 0.5) is 0 Å². The Balaban J connectivity index is 0.00000306. The van der Waals surface area contributed by atoms with E-state index in [4.69, 9.17) is 27.9 Å². The van der Waals surface area contributed by atoms with Crippen molar-refractivity contribution in [2.45, 2.75) is 38.5 Å². The molecule has 0 fully saturated rings. The van der Waals surface area contributed by atoms with Crippen LogP contribution in [0.25, 0.3) is 0 Å². The zero-order valence-electron chi connectivity index (χ0n) is 19.3. The smallest absolute Gasteiger partial charge is 0.119 e. The second kappa shape index (κ2) is 12.1. The summed E-state index contributed by atoms with van der Waals surface area (Å²) in [4.78, 5) is 2.37. The van der Waals surface area contributed by atoms with Gasteiger partial charge in [-0.1, -0.05) is 79.5 Å². The maximum absolute atomic E-state index is 6.39. The Hall–Kier alpha value is -1.71. The van der Waals surface area contributed by atoms with Crippen molar-refractivity contribution in [3.05, 3.63) is 99.0 Å². The molecule has 0 bridgehead atoms. The van der Waals surface area contributed by atoms with Gasteiger partial charge in [-0.2, -0.15) is 0 Å². The Labute approximate surface area is 214 Å². The van der Waals surface area contributed by atoms with Crippen molar-refractivity contribution in [2.75, 3.05) is 26.2 Å². The third-order valence-electron chi connectivity index (χ3n) is 6.70. The molecule has 3 aromatic carbocycles. The van der Waals surface area contributed by atoms with Crippen molar-refractivity contribution in [3.8, 4) is 5.75 Å². The quantitative estimate of drug-likeness (QED) is 0.308. The van der Waals surface area contributed by atoms with E-state index in [-0.39, 0.29) is 18.3 Å². The maximum atomic E-state index is 6.39. The standard InChI is InChI=1S/C28H31Cl2NO.ClH/c1-3-31(4-2)17-18-32-23-13-9-21(10-14-23)28-24-8-6-5-7-20(24)11-15-25(28)22-12-16-26(29)27(30)19-22;/h5-10,12-14,16,19,25,28H,3-4,11,15,17-18H2,1-2H3;1H. The first-order chi connectivity index (χ1) is 15.6. The van der Waals surface area contributed by atoms with Crippen LogP contribution in [0, 0.1) is 0 Å². The van der Waals surface area contributed by atoms with Crippen LogP contribution in [0.3, 0.4) is 0 Å². The molecule has 176 valence electrons. The van der Waals surface area contributed by atoms with Gasteiger partial charge in [0.25, 0.3) is 0 Å². The Kier molecular flexibility index (Phi) is 9.52. The van der Waals surface area contributed by atoms with Crippen LogP contribution in [-0.2, 0) is 6.42 Å². The number of hydrogen-bond donors (Lipinski definition) is 0. The molecule has 4 rings (SSSR count). The third-order valence-corrected chi connectivity index (χ3v) is 7.44. The number of hydrogen-bond acceptors (Lipinski definition) is 2. The number of benzene rings is 3. The number of rotatable bonds is 8. The molecule has 3 aromatic rings. The number of fused-ring (bicyclic) bond motifs is 1. The molecule has 0 saturated carbocycles. The molecule has 2 unspecified atom stereocenters. The Morgan fingerprint density at radius 2 is 1.58 bits per heavy atom. The van der Waals surface area contributed by atoms with Gasteiger partial charge in [-0.25, -0.2) is 0 Å². The summed E-state index contributed by atoms with van der Waals surface area (Å²) < 4.78 is 6.02. The molecular weight excluding hydrogens is 473 g/mol. The van der Waals surface area contributed by atoms with E-state index in [2.05, 4.69) is 73.3 Å². The van der Waals surface area contributed by atoms with Crippen molar-refractivity contribution < 1.29 is 4.74 Å². The van der Waals surface area contributed by atoms with Gasteiger partial charge in [-0.15, -0.1) is 12.4 Å². The molecule has 2 nitrogen and oxygen atoms in total. The Morgan fingerprint density at radius 3 is 2.27 bits per heavy atom. The van der Waals surface area contributed by atoms with Gasteiger partial charge >= 0.3 is 0 Å². The molecule has 33 heavy (non-hydrogen) atoms. The van der Waals surface area contributed by atoms with Gasteiger partial charge in [0.1, 0.15) is 12.4 Å². The summed E-state index contributed by atoms with van der Waals surface area (Å²) in [5, 5.41) is 1.23. The van der Waals surface area contributed by atoms with Gasteiger partial charge in [0.05, 0.1) is 10.0 Å². The zero-order chi connectivity index (χ0) is 22.5. The Morgan fingerprint density at radius 1 is 0.879 bits per heavy atom. The van der Waals surface area contributed by atoms with E-state index in [1.807, 2.05) is 12.1 Å². The topological polar surface area (TPSA) is 12.5 Å². The highest BCUT2D eigenvalue weighted by molar-refractivity contribution is 6.42. The highest BCUT2D eigenvalue weighted by Crippen LogP contribution is 2.47. The lowest BCUT2D eigenvalue weighted by Gasteiger charge is -2.35. The Bertz CT molecular complexity index is 1030. The molecule has 0 aliphatic heterocycles. The van der Waals surface area contributed by atoms with Gasteiger partial charge in [0.2, 0.25) is 0 Å². The van der Waals surface area contributed by atoms with Crippen LogP contribution in [0.2, 0.25) is 10.0 Å². The third kappa shape index (κ3) is 6.05. The number of likely N-dealkylation sites (N-methyl/N-ethyl adjacent to an activating group) is 1. The fourth-order valence-corrected chi connectivity index (χ4v) is 5.18. The summed E-state index contributed by atoms with van der Waals surface area (Å²) in [5.41, 5.74) is 5.40. The van der Waals surface area contributed by atoms with Crippen LogP contribution in [-0.4, -0.2) is 31.1 Å².